The summed E-state index contributed by atoms with van der Waals surface area (Å²) in [5.74, 6) is 0. The van der Waals surface area contributed by atoms with E-state index in [9.17, 15) is 0 Å². The fraction of sp³-hybridized carbons (Fsp3) is 0.667. The first-order valence-electron chi connectivity index (χ1n) is 5.65. The molecule has 0 aliphatic heterocycles. The van der Waals surface area contributed by atoms with Crippen LogP contribution in [0, 0.1) is 0 Å². The van der Waals surface area contributed by atoms with Gasteiger partial charge in [0, 0.05) is 30.2 Å². The molecule has 0 saturated heterocycles. The van der Waals surface area contributed by atoms with Gasteiger partial charge in [-0.05, 0) is 26.7 Å². The van der Waals surface area contributed by atoms with Gasteiger partial charge in [-0.2, -0.15) is 0 Å². The van der Waals surface area contributed by atoms with E-state index >= 15 is 0 Å². The van der Waals surface area contributed by atoms with Crippen LogP contribution in [0.5, 0.6) is 0 Å². The van der Waals surface area contributed by atoms with Gasteiger partial charge in [0.15, 0.2) is 0 Å². The minimum Gasteiger partial charge on any atom is -0.304 e. The molecule has 1 aromatic heterocycles. The molecule has 1 aromatic rings. The summed E-state index contributed by atoms with van der Waals surface area (Å²) < 4.78 is 0. The molecule has 0 fully saturated rings. The number of hydrogen-bond acceptors (Lipinski definition) is 3. The summed E-state index contributed by atoms with van der Waals surface area (Å²) in [5.41, 5.74) is 1.20. The van der Waals surface area contributed by atoms with Crippen LogP contribution in [0.4, 0.5) is 0 Å². The molecular formula is C12H21N3. The van der Waals surface area contributed by atoms with Crippen molar-refractivity contribution in [3.8, 4) is 0 Å². The molecule has 0 aliphatic rings. The molecule has 15 heavy (non-hydrogen) atoms. The maximum absolute atomic E-state index is 4.31. The van der Waals surface area contributed by atoms with Crippen LogP contribution in [-0.4, -0.2) is 15.5 Å². The first kappa shape index (κ1) is 12.1. The van der Waals surface area contributed by atoms with Crippen LogP contribution in [0.1, 0.15) is 52.3 Å². The Balaban J connectivity index is 2.67. The molecule has 3 heteroatoms. The molecule has 84 valence electrons. The Morgan fingerprint density at radius 1 is 1.33 bits per heavy atom. The summed E-state index contributed by atoms with van der Waals surface area (Å²) in [6.45, 7) is 8.80. The van der Waals surface area contributed by atoms with E-state index in [0.29, 0.717) is 0 Å². The van der Waals surface area contributed by atoms with Gasteiger partial charge in [-0.25, -0.2) is 0 Å². The third-order valence-corrected chi connectivity index (χ3v) is 3.15. The van der Waals surface area contributed by atoms with Crippen LogP contribution in [0.2, 0.25) is 0 Å². The van der Waals surface area contributed by atoms with Crippen molar-refractivity contribution in [2.75, 3.05) is 0 Å². The Bertz CT molecular complexity index is 280. The molecule has 1 heterocycles. The van der Waals surface area contributed by atoms with Gasteiger partial charge in [-0.15, -0.1) is 0 Å². The quantitative estimate of drug-likeness (QED) is 0.806. The summed E-state index contributed by atoms with van der Waals surface area (Å²) in [6.07, 6.45) is 7.50. The average Bonchev–Trinajstić information content (AvgIpc) is 2.30. The fourth-order valence-electron chi connectivity index (χ4n) is 1.58. The van der Waals surface area contributed by atoms with Crippen LogP contribution in [0.25, 0.3) is 0 Å². The van der Waals surface area contributed by atoms with E-state index in [4.69, 9.17) is 0 Å². The highest BCUT2D eigenvalue weighted by Gasteiger charge is 2.22. The van der Waals surface area contributed by atoms with E-state index in [1.807, 2.05) is 6.20 Å². The molecule has 1 unspecified atom stereocenters. The van der Waals surface area contributed by atoms with Gasteiger partial charge in [0.1, 0.15) is 0 Å². The lowest BCUT2D eigenvalue weighted by Crippen LogP contribution is -2.42. The van der Waals surface area contributed by atoms with Crippen LogP contribution in [-0.2, 0) is 0 Å². The molecular weight excluding hydrogens is 186 g/mol. The third-order valence-electron chi connectivity index (χ3n) is 3.15. The number of nitrogens with one attached hydrogen (secondary N) is 1. The van der Waals surface area contributed by atoms with E-state index in [1.165, 1.54) is 0 Å². The lowest BCUT2D eigenvalue weighted by atomic mass is 9.94. The van der Waals surface area contributed by atoms with Crippen LogP contribution < -0.4 is 5.32 Å². The van der Waals surface area contributed by atoms with Crippen molar-refractivity contribution in [3.05, 3.63) is 24.3 Å². The van der Waals surface area contributed by atoms with Gasteiger partial charge in [0.2, 0.25) is 0 Å². The summed E-state index contributed by atoms with van der Waals surface area (Å²) in [6, 6.07) is 0.253. The second-order valence-corrected chi connectivity index (χ2v) is 4.26. The predicted molar refractivity (Wildman–Crippen MR) is 62.6 cm³/mol. The van der Waals surface area contributed by atoms with Gasteiger partial charge in [0.05, 0.1) is 5.69 Å². The standard InChI is InChI=1S/C12H21N3/c1-5-12(4,6-2)15-10(3)11-9-13-7-8-14-11/h7-10,15H,5-6H2,1-4H3. The molecule has 0 amide bonds. The van der Waals surface area contributed by atoms with Crippen molar-refractivity contribution in [2.45, 2.75) is 52.1 Å². The first-order valence-corrected chi connectivity index (χ1v) is 5.65. The molecule has 3 nitrogen and oxygen atoms in total. The van der Waals surface area contributed by atoms with E-state index in [-0.39, 0.29) is 11.6 Å². The van der Waals surface area contributed by atoms with E-state index in [1.54, 1.807) is 12.4 Å². The second kappa shape index (κ2) is 5.21. The van der Waals surface area contributed by atoms with Crippen molar-refractivity contribution in [2.24, 2.45) is 0 Å². The lowest BCUT2D eigenvalue weighted by Gasteiger charge is -2.31. The average molecular weight is 207 g/mol. The molecule has 1 atom stereocenters. The topological polar surface area (TPSA) is 37.8 Å². The van der Waals surface area contributed by atoms with Crippen molar-refractivity contribution >= 4 is 0 Å². The van der Waals surface area contributed by atoms with Gasteiger partial charge in [-0.3, -0.25) is 9.97 Å². The highest BCUT2D eigenvalue weighted by atomic mass is 15.0. The largest absolute Gasteiger partial charge is 0.304 e. The van der Waals surface area contributed by atoms with Crippen LogP contribution in [0.3, 0.4) is 0 Å². The first-order chi connectivity index (χ1) is 7.11. The SMILES string of the molecule is CCC(C)(CC)NC(C)c1cnccn1. The monoisotopic (exact) mass is 207 g/mol. The normalized spacial score (nSPS) is 13.9. The maximum Gasteiger partial charge on any atom is 0.0753 e. The van der Waals surface area contributed by atoms with E-state index < -0.39 is 0 Å². The Hall–Kier alpha value is -0.960. The zero-order valence-electron chi connectivity index (χ0n) is 10.1. The molecule has 1 rings (SSSR count). The van der Waals surface area contributed by atoms with Crippen LogP contribution in [0.15, 0.2) is 18.6 Å². The van der Waals surface area contributed by atoms with Gasteiger partial charge >= 0.3 is 0 Å². The number of hydrogen-bond donors (Lipinski definition) is 1. The summed E-state index contributed by atoms with van der Waals surface area (Å²) in [5, 5.41) is 3.61. The number of rotatable bonds is 5. The van der Waals surface area contributed by atoms with Crippen molar-refractivity contribution < 1.29 is 0 Å². The third kappa shape index (κ3) is 3.27. The smallest absolute Gasteiger partial charge is 0.0753 e. The summed E-state index contributed by atoms with van der Waals surface area (Å²) in [4.78, 5) is 8.39. The second-order valence-electron chi connectivity index (χ2n) is 4.26. The maximum atomic E-state index is 4.31. The van der Waals surface area contributed by atoms with E-state index in [0.717, 1.165) is 18.5 Å². The van der Waals surface area contributed by atoms with Crippen molar-refractivity contribution in [1.82, 2.24) is 15.3 Å². The Morgan fingerprint density at radius 3 is 2.47 bits per heavy atom. The van der Waals surface area contributed by atoms with Gasteiger partial charge < -0.3 is 5.32 Å². The predicted octanol–water partition coefficient (Wildman–Crippen LogP) is 2.71. The van der Waals surface area contributed by atoms with Crippen molar-refractivity contribution in [3.63, 3.8) is 0 Å². The molecule has 0 radical (unpaired) electrons. The van der Waals surface area contributed by atoms with Gasteiger partial charge in [0.25, 0.3) is 0 Å². The molecule has 0 saturated carbocycles. The molecule has 0 aromatic carbocycles. The molecule has 1 N–H and O–H groups in total. The summed E-state index contributed by atoms with van der Waals surface area (Å²) in [7, 11) is 0. The zero-order chi connectivity index (χ0) is 11.3. The Kier molecular flexibility index (Phi) is 4.21. The zero-order valence-corrected chi connectivity index (χ0v) is 10.1. The summed E-state index contributed by atoms with van der Waals surface area (Å²) >= 11 is 0. The Labute approximate surface area is 92.3 Å². The highest BCUT2D eigenvalue weighted by Crippen LogP contribution is 2.19. The molecule has 0 spiro atoms. The lowest BCUT2D eigenvalue weighted by molar-refractivity contribution is 0.296. The molecule has 0 bridgehead atoms. The van der Waals surface area contributed by atoms with Crippen molar-refractivity contribution in [1.29, 1.82) is 0 Å². The minimum absolute atomic E-state index is 0.191. The van der Waals surface area contributed by atoms with E-state index in [2.05, 4.69) is 43.0 Å². The number of nitrogens with zero attached hydrogens (tertiary/aromatic N) is 2. The molecule has 0 aliphatic carbocycles. The highest BCUT2D eigenvalue weighted by molar-refractivity contribution is 5.02. The fourth-order valence-corrected chi connectivity index (χ4v) is 1.58. The van der Waals surface area contributed by atoms with Gasteiger partial charge in [-0.1, -0.05) is 13.8 Å². The minimum atomic E-state index is 0.191. The van der Waals surface area contributed by atoms with Crippen LogP contribution >= 0.6 is 0 Å². The Morgan fingerprint density at radius 2 is 2.00 bits per heavy atom. The number of aromatic nitrogens is 2.